The number of hydrogen-bond acceptors (Lipinski definition) is 6. The van der Waals surface area contributed by atoms with E-state index >= 15 is 0 Å². The topological polar surface area (TPSA) is 122 Å². The van der Waals surface area contributed by atoms with Crippen LogP contribution < -0.4 is 16.4 Å². The van der Waals surface area contributed by atoms with E-state index in [1.54, 1.807) is 21.8 Å². The van der Waals surface area contributed by atoms with Crippen molar-refractivity contribution in [1.82, 2.24) is 20.0 Å². The first-order valence-electron chi connectivity index (χ1n) is 9.28. The molecule has 1 atom stereocenters. The van der Waals surface area contributed by atoms with Crippen LogP contribution in [0.5, 0.6) is 0 Å². The normalized spacial score (nSPS) is 19.0. The van der Waals surface area contributed by atoms with Crippen LogP contribution in [0.15, 0.2) is 30.6 Å². The Morgan fingerprint density at radius 2 is 2.14 bits per heavy atom. The lowest BCUT2D eigenvalue weighted by molar-refractivity contribution is -0.136. The molecule has 0 saturated carbocycles. The third kappa shape index (κ3) is 3.36. The Hall–Kier alpha value is -3.20. The largest absolute Gasteiger partial charge is 0.378 e. The van der Waals surface area contributed by atoms with Gasteiger partial charge in [-0.1, -0.05) is 12.1 Å². The van der Waals surface area contributed by atoms with E-state index in [9.17, 15) is 14.4 Å². The summed E-state index contributed by atoms with van der Waals surface area (Å²) in [4.78, 5) is 38.0. The summed E-state index contributed by atoms with van der Waals surface area (Å²) in [6.07, 6.45) is 4.23. The number of anilines is 1. The highest BCUT2D eigenvalue weighted by Gasteiger charge is 2.39. The molecule has 1 fully saturated rings. The molecule has 0 radical (unpaired) electrons. The molecule has 2 aromatic rings. The fourth-order valence-electron chi connectivity index (χ4n) is 3.72. The molecule has 0 spiro atoms. The van der Waals surface area contributed by atoms with Crippen LogP contribution in [0.4, 0.5) is 5.69 Å². The maximum absolute atomic E-state index is 12.8. The second-order valence-corrected chi connectivity index (χ2v) is 6.98. The van der Waals surface area contributed by atoms with Gasteiger partial charge >= 0.3 is 0 Å². The minimum Gasteiger partial charge on any atom is -0.378 e. The van der Waals surface area contributed by atoms with Gasteiger partial charge in [-0.25, -0.2) is 0 Å². The third-order valence-electron chi connectivity index (χ3n) is 5.15. The van der Waals surface area contributed by atoms with Crippen molar-refractivity contribution in [3.63, 3.8) is 0 Å². The molecule has 146 valence electrons. The Kier molecular flexibility index (Phi) is 4.82. The molecule has 1 saturated heterocycles. The molecule has 3 amide bonds. The van der Waals surface area contributed by atoms with E-state index in [2.05, 4.69) is 15.7 Å². The number of fused-ring (bicyclic) bond motifs is 1. The molecule has 1 unspecified atom stereocenters. The van der Waals surface area contributed by atoms with Crippen LogP contribution in [0.25, 0.3) is 0 Å². The summed E-state index contributed by atoms with van der Waals surface area (Å²) in [5, 5.41) is 9.87. The van der Waals surface area contributed by atoms with Crippen LogP contribution in [0.3, 0.4) is 0 Å². The number of nitrogens with zero attached hydrogens (tertiary/aromatic N) is 3. The number of rotatable bonds is 6. The lowest BCUT2D eigenvalue weighted by atomic mass is 10.0. The number of benzene rings is 1. The summed E-state index contributed by atoms with van der Waals surface area (Å²) < 4.78 is 1.77. The average molecular weight is 382 g/mol. The first kappa shape index (κ1) is 18.2. The molecule has 2 aliphatic rings. The van der Waals surface area contributed by atoms with Crippen molar-refractivity contribution in [2.45, 2.75) is 38.5 Å². The number of piperidine rings is 1. The molecular formula is C19H22N6O3. The van der Waals surface area contributed by atoms with E-state index in [1.807, 2.05) is 18.3 Å². The smallest absolute Gasteiger partial charge is 0.255 e. The van der Waals surface area contributed by atoms with Crippen LogP contribution in [-0.4, -0.2) is 45.0 Å². The highest BCUT2D eigenvalue weighted by atomic mass is 16.2. The van der Waals surface area contributed by atoms with E-state index < -0.39 is 11.9 Å². The number of nitrogens with two attached hydrogens (primary N) is 1. The number of nitrogens with one attached hydrogen (secondary N) is 2. The van der Waals surface area contributed by atoms with Gasteiger partial charge in [0.2, 0.25) is 11.8 Å². The zero-order valence-electron chi connectivity index (χ0n) is 15.4. The minimum atomic E-state index is -0.604. The zero-order valence-corrected chi connectivity index (χ0v) is 15.4. The van der Waals surface area contributed by atoms with Crippen LogP contribution in [0.1, 0.15) is 34.3 Å². The quantitative estimate of drug-likeness (QED) is 0.614. The van der Waals surface area contributed by atoms with Crippen molar-refractivity contribution in [1.29, 1.82) is 0 Å². The Morgan fingerprint density at radius 1 is 1.29 bits per heavy atom. The van der Waals surface area contributed by atoms with Crippen molar-refractivity contribution < 1.29 is 14.4 Å². The minimum absolute atomic E-state index is 0.165. The first-order chi connectivity index (χ1) is 13.6. The standard InChI is InChI=1S/C19H22N6O3/c20-6-7-24-10-13(9-22-24)21-8-12-2-1-3-14-15(12)11-25(19(14)28)16-4-5-17(26)23-18(16)27/h1-3,9-10,16,21H,4-8,11,20H2,(H,23,26,27). The van der Waals surface area contributed by atoms with Crippen molar-refractivity contribution in [3.8, 4) is 0 Å². The monoisotopic (exact) mass is 382 g/mol. The van der Waals surface area contributed by atoms with E-state index in [4.69, 9.17) is 5.73 Å². The summed E-state index contributed by atoms with van der Waals surface area (Å²) in [6.45, 7) is 2.07. The number of carbonyl (C=O) groups is 3. The predicted molar refractivity (Wildman–Crippen MR) is 101 cm³/mol. The summed E-state index contributed by atoms with van der Waals surface area (Å²) in [7, 11) is 0. The lowest BCUT2D eigenvalue weighted by Gasteiger charge is -2.29. The summed E-state index contributed by atoms with van der Waals surface area (Å²) in [5.74, 6) is -0.850. The fourth-order valence-corrected chi connectivity index (χ4v) is 3.72. The van der Waals surface area contributed by atoms with Gasteiger partial charge in [-0.05, 0) is 23.6 Å². The molecule has 0 bridgehead atoms. The molecule has 1 aromatic carbocycles. The molecule has 2 aliphatic heterocycles. The molecule has 4 rings (SSSR count). The summed E-state index contributed by atoms with van der Waals surface area (Å²) >= 11 is 0. The molecule has 9 nitrogen and oxygen atoms in total. The highest BCUT2D eigenvalue weighted by molar-refractivity contribution is 6.05. The van der Waals surface area contributed by atoms with Crippen molar-refractivity contribution in [3.05, 3.63) is 47.3 Å². The van der Waals surface area contributed by atoms with Crippen LogP contribution >= 0.6 is 0 Å². The van der Waals surface area contributed by atoms with Gasteiger partial charge in [0.25, 0.3) is 5.91 Å². The predicted octanol–water partition coefficient (Wildman–Crippen LogP) is 0.215. The van der Waals surface area contributed by atoms with E-state index in [0.717, 1.165) is 16.8 Å². The van der Waals surface area contributed by atoms with Crippen LogP contribution in [-0.2, 0) is 29.2 Å². The third-order valence-corrected chi connectivity index (χ3v) is 5.15. The van der Waals surface area contributed by atoms with E-state index in [0.29, 0.717) is 38.2 Å². The maximum atomic E-state index is 12.8. The van der Waals surface area contributed by atoms with Gasteiger partial charge in [0.05, 0.1) is 18.4 Å². The highest BCUT2D eigenvalue weighted by Crippen LogP contribution is 2.30. The summed E-state index contributed by atoms with van der Waals surface area (Å²) in [6, 6.07) is 5.00. The number of amides is 3. The van der Waals surface area contributed by atoms with Gasteiger partial charge in [-0.2, -0.15) is 5.10 Å². The van der Waals surface area contributed by atoms with Gasteiger partial charge in [0.1, 0.15) is 6.04 Å². The van der Waals surface area contributed by atoms with Crippen LogP contribution in [0.2, 0.25) is 0 Å². The van der Waals surface area contributed by atoms with Crippen molar-refractivity contribution in [2.24, 2.45) is 5.73 Å². The van der Waals surface area contributed by atoms with Gasteiger partial charge in [-0.3, -0.25) is 24.4 Å². The molecular weight excluding hydrogens is 360 g/mol. The average Bonchev–Trinajstić information content (AvgIpc) is 3.26. The van der Waals surface area contributed by atoms with Crippen molar-refractivity contribution in [2.75, 3.05) is 11.9 Å². The second kappa shape index (κ2) is 7.43. The molecule has 1 aromatic heterocycles. The molecule has 0 aliphatic carbocycles. The molecule has 4 N–H and O–H groups in total. The molecule has 9 heteroatoms. The Balaban J connectivity index is 1.49. The van der Waals surface area contributed by atoms with Gasteiger partial charge in [0, 0.05) is 37.8 Å². The zero-order chi connectivity index (χ0) is 19.7. The fraction of sp³-hybridized carbons (Fsp3) is 0.368. The lowest BCUT2D eigenvalue weighted by Crippen LogP contribution is -2.52. The Bertz CT molecular complexity index is 938. The number of imide groups is 1. The summed E-state index contributed by atoms with van der Waals surface area (Å²) in [5.41, 5.74) is 8.93. The van der Waals surface area contributed by atoms with E-state index in [1.165, 1.54) is 0 Å². The Morgan fingerprint density at radius 3 is 2.93 bits per heavy atom. The van der Waals surface area contributed by atoms with Gasteiger partial charge in [-0.15, -0.1) is 0 Å². The number of hydrogen-bond donors (Lipinski definition) is 3. The molecule has 28 heavy (non-hydrogen) atoms. The van der Waals surface area contributed by atoms with Gasteiger partial charge < -0.3 is 16.0 Å². The second-order valence-electron chi connectivity index (χ2n) is 6.98. The maximum Gasteiger partial charge on any atom is 0.255 e. The SMILES string of the molecule is NCCn1cc(NCc2cccc3c2CN(C2CCC(=O)NC2=O)C3=O)cn1. The molecule has 3 heterocycles. The Labute approximate surface area is 161 Å². The number of carbonyl (C=O) groups excluding carboxylic acids is 3. The first-order valence-corrected chi connectivity index (χ1v) is 9.28. The van der Waals surface area contributed by atoms with Gasteiger partial charge in [0.15, 0.2) is 0 Å². The van der Waals surface area contributed by atoms with E-state index in [-0.39, 0.29) is 18.2 Å². The van der Waals surface area contributed by atoms with Crippen LogP contribution in [0, 0.1) is 0 Å². The van der Waals surface area contributed by atoms with Crippen molar-refractivity contribution >= 4 is 23.4 Å². The number of aromatic nitrogens is 2.